The summed E-state index contributed by atoms with van der Waals surface area (Å²) in [7, 11) is 0. The van der Waals surface area contributed by atoms with Gasteiger partial charge in [-0.05, 0) is 37.4 Å². The zero-order valence-corrected chi connectivity index (χ0v) is 15.1. The van der Waals surface area contributed by atoms with E-state index in [9.17, 15) is 9.59 Å². The summed E-state index contributed by atoms with van der Waals surface area (Å²) >= 11 is 0. The Morgan fingerprint density at radius 3 is 2.50 bits per heavy atom. The Morgan fingerprint density at radius 1 is 1.17 bits per heavy atom. The Morgan fingerprint density at radius 2 is 1.88 bits per heavy atom. The van der Waals surface area contributed by atoms with Gasteiger partial charge in [-0.25, -0.2) is 0 Å². The van der Waals surface area contributed by atoms with Gasteiger partial charge in [0.15, 0.2) is 0 Å². The molecule has 0 aliphatic rings. The van der Waals surface area contributed by atoms with Crippen molar-refractivity contribution in [3.05, 3.63) is 30.0 Å². The van der Waals surface area contributed by atoms with E-state index >= 15 is 0 Å². The van der Waals surface area contributed by atoms with Crippen molar-refractivity contribution < 1.29 is 9.59 Å². The molecule has 1 heterocycles. The predicted molar refractivity (Wildman–Crippen MR) is 100.0 cm³/mol. The predicted octanol–water partition coefficient (Wildman–Crippen LogP) is 2.62. The van der Waals surface area contributed by atoms with Crippen LogP contribution in [0.25, 0.3) is 10.9 Å². The number of anilines is 1. The van der Waals surface area contributed by atoms with Gasteiger partial charge >= 0.3 is 0 Å². The lowest BCUT2D eigenvalue weighted by Gasteiger charge is -2.17. The molecule has 0 saturated carbocycles. The summed E-state index contributed by atoms with van der Waals surface area (Å²) < 4.78 is 0. The number of amides is 2. The molecule has 2 aromatic rings. The van der Waals surface area contributed by atoms with Crippen molar-refractivity contribution in [2.75, 3.05) is 31.5 Å². The molecule has 0 unspecified atom stereocenters. The van der Waals surface area contributed by atoms with Crippen LogP contribution in [0.5, 0.6) is 0 Å². The van der Waals surface area contributed by atoms with E-state index in [0.717, 1.165) is 36.2 Å². The topological polar surface area (TPSA) is 77.2 Å². The van der Waals surface area contributed by atoms with Gasteiger partial charge in [-0.15, -0.1) is 12.4 Å². The van der Waals surface area contributed by atoms with Crippen LogP contribution >= 0.6 is 12.4 Å². The fraction of sp³-hybridized carbons (Fsp3) is 0.412. The number of aromatic nitrogens is 1. The molecule has 7 heteroatoms. The minimum Gasteiger partial charge on any atom is -0.351 e. The van der Waals surface area contributed by atoms with Crippen LogP contribution in [0.2, 0.25) is 0 Å². The number of nitrogens with zero attached hydrogens (tertiary/aromatic N) is 1. The largest absolute Gasteiger partial charge is 0.351 e. The first kappa shape index (κ1) is 20.0. The zero-order valence-electron chi connectivity index (χ0n) is 14.3. The quantitative estimate of drug-likeness (QED) is 0.716. The van der Waals surface area contributed by atoms with Crippen LogP contribution in [0, 0.1) is 0 Å². The lowest BCUT2D eigenvalue weighted by molar-refractivity contribution is -0.114. The van der Waals surface area contributed by atoms with Crippen molar-refractivity contribution >= 4 is 40.8 Å². The van der Waals surface area contributed by atoms with Crippen molar-refractivity contribution in [3.63, 3.8) is 0 Å². The van der Waals surface area contributed by atoms with E-state index in [-0.39, 0.29) is 24.2 Å². The summed E-state index contributed by atoms with van der Waals surface area (Å²) in [6.07, 6.45) is 0. The zero-order chi connectivity index (χ0) is 16.8. The molecule has 0 bridgehead atoms. The molecule has 2 rings (SSSR count). The maximum atomic E-state index is 12.2. The van der Waals surface area contributed by atoms with E-state index in [0.29, 0.717) is 12.2 Å². The highest BCUT2D eigenvalue weighted by molar-refractivity contribution is 5.99. The van der Waals surface area contributed by atoms with Gasteiger partial charge in [-0.3, -0.25) is 9.59 Å². The summed E-state index contributed by atoms with van der Waals surface area (Å²) in [5, 5.41) is 6.55. The fourth-order valence-electron chi connectivity index (χ4n) is 2.50. The molecule has 0 fully saturated rings. The number of likely N-dealkylation sites (N-methyl/N-ethyl adjacent to an activating group) is 1. The van der Waals surface area contributed by atoms with Gasteiger partial charge in [0, 0.05) is 36.6 Å². The van der Waals surface area contributed by atoms with Gasteiger partial charge in [-0.1, -0.05) is 13.8 Å². The number of benzene rings is 1. The molecule has 1 aromatic carbocycles. The Kier molecular flexibility index (Phi) is 7.74. The minimum atomic E-state index is -0.116. The maximum absolute atomic E-state index is 12.2. The average Bonchev–Trinajstić information content (AvgIpc) is 2.94. The van der Waals surface area contributed by atoms with Crippen molar-refractivity contribution in [1.82, 2.24) is 15.2 Å². The van der Waals surface area contributed by atoms with Crippen LogP contribution in [0.3, 0.4) is 0 Å². The highest BCUT2D eigenvalue weighted by Crippen LogP contribution is 2.20. The summed E-state index contributed by atoms with van der Waals surface area (Å²) in [6, 6.07) is 7.31. The first-order chi connectivity index (χ1) is 11.0. The lowest BCUT2D eigenvalue weighted by atomic mass is 10.2. The third kappa shape index (κ3) is 5.25. The van der Waals surface area contributed by atoms with E-state index in [1.54, 1.807) is 6.07 Å². The van der Waals surface area contributed by atoms with E-state index in [1.165, 1.54) is 6.92 Å². The van der Waals surface area contributed by atoms with Crippen LogP contribution < -0.4 is 10.6 Å². The standard InChI is InChI=1S/C17H24N4O2.ClH/c1-4-21(5-2)9-8-18-17(23)16-11-13-10-14(19-12(3)22)6-7-15(13)20-16;/h6-7,10-11,20H,4-5,8-9H2,1-3H3,(H,18,23)(H,19,22);1H. The third-order valence-electron chi connectivity index (χ3n) is 3.79. The third-order valence-corrected chi connectivity index (χ3v) is 3.79. The van der Waals surface area contributed by atoms with Crippen LogP contribution in [0.4, 0.5) is 5.69 Å². The van der Waals surface area contributed by atoms with Gasteiger partial charge in [-0.2, -0.15) is 0 Å². The summed E-state index contributed by atoms with van der Waals surface area (Å²) in [5.74, 6) is -0.233. The highest BCUT2D eigenvalue weighted by atomic mass is 35.5. The number of hydrogen-bond donors (Lipinski definition) is 3. The molecule has 3 N–H and O–H groups in total. The van der Waals surface area contributed by atoms with Gasteiger partial charge in [0.05, 0.1) is 0 Å². The number of rotatable bonds is 7. The molecule has 24 heavy (non-hydrogen) atoms. The Labute approximate surface area is 148 Å². The van der Waals surface area contributed by atoms with Crippen LogP contribution in [-0.4, -0.2) is 47.9 Å². The molecule has 0 aliphatic carbocycles. The monoisotopic (exact) mass is 352 g/mol. The second-order valence-corrected chi connectivity index (χ2v) is 5.45. The molecule has 0 aliphatic heterocycles. The summed E-state index contributed by atoms with van der Waals surface area (Å²) in [5.41, 5.74) is 2.12. The smallest absolute Gasteiger partial charge is 0.267 e. The van der Waals surface area contributed by atoms with E-state index in [2.05, 4.69) is 34.4 Å². The Balaban J connectivity index is 0.00000288. The molecule has 2 amide bonds. The molecule has 132 valence electrons. The number of carbonyl (C=O) groups excluding carboxylic acids is 2. The van der Waals surface area contributed by atoms with Crippen molar-refractivity contribution in [2.45, 2.75) is 20.8 Å². The minimum absolute atomic E-state index is 0. The first-order valence-electron chi connectivity index (χ1n) is 7.94. The summed E-state index contributed by atoms with van der Waals surface area (Å²) in [6.45, 7) is 9.09. The van der Waals surface area contributed by atoms with Crippen LogP contribution in [0.1, 0.15) is 31.3 Å². The van der Waals surface area contributed by atoms with Crippen molar-refractivity contribution in [2.24, 2.45) is 0 Å². The van der Waals surface area contributed by atoms with E-state index < -0.39 is 0 Å². The first-order valence-corrected chi connectivity index (χ1v) is 7.94. The molecule has 1 aromatic heterocycles. The normalized spacial score (nSPS) is 10.5. The van der Waals surface area contributed by atoms with Crippen LogP contribution in [-0.2, 0) is 4.79 Å². The summed E-state index contributed by atoms with van der Waals surface area (Å²) in [4.78, 5) is 28.7. The van der Waals surface area contributed by atoms with Crippen molar-refractivity contribution in [3.8, 4) is 0 Å². The molecule has 0 saturated heterocycles. The van der Waals surface area contributed by atoms with Gasteiger partial charge in [0.1, 0.15) is 5.69 Å². The highest BCUT2D eigenvalue weighted by Gasteiger charge is 2.10. The second-order valence-electron chi connectivity index (χ2n) is 5.45. The number of carbonyl (C=O) groups is 2. The van der Waals surface area contributed by atoms with E-state index in [4.69, 9.17) is 0 Å². The second kappa shape index (κ2) is 9.30. The maximum Gasteiger partial charge on any atom is 0.267 e. The van der Waals surface area contributed by atoms with Gasteiger partial charge in [0.25, 0.3) is 5.91 Å². The molecule has 0 spiro atoms. The number of halogens is 1. The SMILES string of the molecule is CCN(CC)CCNC(=O)c1cc2cc(NC(C)=O)ccc2[nH]1.Cl. The fourth-order valence-corrected chi connectivity index (χ4v) is 2.50. The molecular formula is C17H25ClN4O2. The molecule has 0 atom stereocenters. The Bertz CT molecular complexity index is 695. The average molecular weight is 353 g/mol. The number of fused-ring (bicyclic) bond motifs is 1. The van der Waals surface area contributed by atoms with Gasteiger partial charge in [0.2, 0.25) is 5.91 Å². The number of aromatic amines is 1. The lowest BCUT2D eigenvalue weighted by Crippen LogP contribution is -2.34. The number of H-pyrrole nitrogens is 1. The number of nitrogens with one attached hydrogen (secondary N) is 3. The van der Waals surface area contributed by atoms with Crippen LogP contribution in [0.15, 0.2) is 24.3 Å². The van der Waals surface area contributed by atoms with Crippen molar-refractivity contribution in [1.29, 1.82) is 0 Å². The number of hydrogen-bond acceptors (Lipinski definition) is 3. The van der Waals surface area contributed by atoms with E-state index in [1.807, 2.05) is 18.2 Å². The molecule has 6 nitrogen and oxygen atoms in total. The van der Waals surface area contributed by atoms with Gasteiger partial charge < -0.3 is 20.5 Å². The molecule has 0 radical (unpaired) electrons. The molecular weight excluding hydrogens is 328 g/mol. The Hall–Kier alpha value is -2.05.